The Balaban J connectivity index is 0. The Morgan fingerprint density at radius 2 is 0.500 bits per heavy atom. The van der Waals surface area contributed by atoms with Gasteiger partial charge in [-0.05, 0) is 0 Å². The number of halogens is 6. The quantitative estimate of drug-likeness (QED) is 0.247. The van der Waals surface area contributed by atoms with Gasteiger partial charge >= 0.3 is 127 Å². The molecule has 52 valence electrons. The van der Waals surface area contributed by atoms with E-state index in [0.717, 1.165) is 0 Å². The molecule has 0 bridgehead atoms. The predicted octanol–water partition coefficient (Wildman–Crippen LogP) is 4.55. The second-order valence-corrected chi connectivity index (χ2v) is 151. The summed E-state index contributed by atoms with van der Waals surface area (Å²) < 4.78 is 0. The van der Waals surface area contributed by atoms with Gasteiger partial charge in [-0.1, -0.05) is 0 Å². The molecule has 0 saturated heterocycles. The second-order valence-electron chi connectivity index (χ2n) is 0.383. The summed E-state index contributed by atoms with van der Waals surface area (Å²) in [6, 6.07) is 0. The average Bonchev–Trinajstić information content (AvgIpc) is 1.25. The molecule has 0 atom stereocenters. The van der Waals surface area contributed by atoms with Crippen molar-refractivity contribution in [1.82, 2.24) is 0 Å². The van der Waals surface area contributed by atoms with Gasteiger partial charge in [0, 0.05) is 0 Å². The molecule has 8 heavy (non-hydrogen) atoms. The summed E-state index contributed by atoms with van der Waals surface area (Å²) >= 11 is 15.1. The van der Waals surface area contributed by atoms with Gasteiger partial charge in [-0.3, -0.25) is 0 Å². The van der Waals surface area contributed by atoms with E-state index in [1.165, 1.54) is 0 Å². The van der Waals surface area contributed by atoms with E-state index in [4.69, 9.17) is 0 Å². The summed E-state index contributed by atoms with van der Waals surface area (Å²) in [5.41, 5.74) is 0. The van der Waals surface area contributed by atoms with Crippen molar-refractivity contribution in [3.63, 3.8) is 0 Å². The number of hydrogen-bond donors (Lipinski definition) is 0. The summed E-state index contributed by atoms with van der Waals surface area (Å²) in [4.78, 5) is 0. The van der Waals surface area contributed by atoms with E-state index in [-0.39, 0.29) is 0 Å². The Hall–Kier alpha value is 6.15. The van der Waals surface area contributed by atoms with Crippen LogP contribution in [0.4, 0.5) is 0 Å². The molecular formula is Bi2I6. The van der Waals surface area contributed by atoms with Gasteiger partial charge in [-0.15, -0.1) is 0 Å². The van der Waals surface area contributed by atoms with Gasteiger partial charge < -0.3 is 0 Å². The second kappa shape index (κ2) is 13.1. The first kappa shape index (κ1) is 16.6. The molecule has 0 heterocycles. The summed E-state index contributed by atoms with van der Waals surface area (Å²) in [6.07, 6.45) is 0. The predicted molar refractivity (Wildman–Crippen MR) is 95.6 cm³/mol. The Morgan fingerprint density at radius 1 is 0.500 bits per heavy atom. The minimum absolute atomic E-state index is 0.683. The maximum absolute atomic E-state index is 2.52. The molecule has 0 aromatic rings. The fourth-order valence-electron chi connectivity index (χ4n) is 0. The molecule has 0 amide bonds. The van der Waals surface area contributed by atoms with Gasteiger partial charge in [0.05, 0.1) is 0 Å². The van der Waals surface area contributed by atoms with Gasteiger partial charge in [-0.25, -0.2) is 0 Å². The van der Waals surface area contributed by atoms with Crippen LogP contribution >= 0.6 is 108 Å². The molecular weight excluding hydrogens is 1180 g/mol. The molecule has 0 saturated carbocycles. The Kier molecular flexibility index (Phi) is 27.2. The molecule has 0 rings (SSSR count). The van der Waals surface area contributed by atoms with Crippen molar-refractivity contribution in [3.8, 4) is 0 Å². The van der Waals surface area contributed by atoms with Gasteiger partial charge in [0.1, 0.15) is 0 Å². The van der Waals surface area contributed by atoms with E-state index in [0.29, 0.717) is 0 Å². The van der Waals surface area contributed by atoms with Gasteiger partial charge in [0.25, 0.3) is 0 Å². The van der Waals surface area contributed by atoms with E-state index in [9.17, 15) is 0 Å². The fourth-order valence-corrected chi connectivity index (χ4v) is 0. The molecule has 0 aliphatic carbocycles. The molecule has 0 spiro atoms. The third-order valence-corrected chi connectivity index (χ3v) is 0. The minimum atomic E-state index is -0.683. The molecule has 8 heteroatoms. The van der Waals surface area contributed by atoms with Crippen LogP contribution in [0.1, 0.15) is 0 Å². The van der Waals surface area contributed by atoms with E-state index >= 15 is 0 Å². The average molecular weight is 1180 g/mol. The number of rotatable bonds is 0. The first-order valence-corrected chi connectivity index (χ1v) is 59.7. The summed E-state index contributed by atoms with van der Waals surface area (Å²) in [5.74, 6) is 0. The number of hydrogen-bond acceptors (Lipinski definition) is 0. The van der Waals surface area contributed by atoms with Gasteiger partial charge in [-0.2, -0.15) is 0 Å². The van der Waals surface area contributed by atoms with Crippen molar-refractivity contribution >= 4 is 127 Å². The molecule has 0 aromatic carbocycles. The Labute approximate surface area is 121 Å². The molecule has 0 aliphatic rings. The van der Waals surface area contributed by atoms with Crippen molar-refractivity contribution in [3.05, 3.63) is 0 Å². The van der Waals surface area contributed by atoms with Crippen LogP contribution in [0.15, 0.2) is 0 Å². The Bertz CT molecular complexity index is 22.0. The Morgan fingerprint density at radius 3 is 0.500 bits per heavy atom. The summed E-state index contributed by atoms with van der Waals surface area (Å²) in [5, 5.41) is 0. The van der Waals surface area contributed by atoms with Gasteiger partial charge in [0.2, 0.25) is 0 Å². The third-order valence-electron chi connectivity index (χ3n) is 0. The summed E-state index contributed by atoms with van der Waals surface area (Å²) in [7, 11) is -1.37. The van der Waals surface area contributed by atoms with E-state index in [1.54, 1.807) is 0 Å². The maximum atomic E-state index is 2.52. The van der Waals surface area contributed by atoms with Crippen LogP contribution in [-0.4, -0.2) is 18.4 Å². The van der Waals surface area contributed by atoms with Crippen LogP contribution < -0.4 is 0 Å². The standard InChI is InChI=1S/2Bi.6HI/h;;6*1H/q2*+3;;;;;;/p-6. The van der Waals surface area contributed by atoms with E-state index in [1.807, 2.05) is 0 Å². The molecule has 0 N–H and O–H groups in total. The first-order valence-electron chi connectivity index (χ1n) is 1.01. The SMILES string of the molecule is [I][Bi]([I])[I].[I][Bi]([I])[I]. The van der Waals surface area contributed by atoms with Crippen molar-refractivity contribution in [2.45, 2.75) is 0 Å². The normalized spacial score (nSPS) is 9.00. The van der Waals surface area contributed by atoms with Crippen LogP contribution in [0.2, 0.25) is 0 Å². The first-order chi connectivity index (χ1) is 3.46. The molecule has 0 fully saturated rings. The molecule has 0 aliphatic heterocycles. The van der Waals surface area contributed by atoms with E-state index < -0.39 is 18.4 Å². The fraction of sp³-hybridized carbons (Fsp3) is 0. The van der Waals surface area contributed by atoms with Crippen LogP contribution in [0, 0.1) is 0 Å². The molecule has 0 nitrogen and oxygen atoms in total. The van der Waals surface area contributed by atoms with Gasteiger partial charge in [0.15, 0.2) is 0 Å². The monoisotopic (exact) mass is 1180 g/mol. The zero-order chi connectivity index (χ0) is 7.15. The molecule has 0 radical (unpaired) electrons. The van der Waals surface area contributed by atoms with Crippen LogP contribution in [0.5, 0.6) is 0 Å². The van der Waals surface area contributed by atoms with Crippen LogP contribution in [-0.2, 0) is 0 Å². The summed E-state index contributed by atoms with van der Waals surface area (Å²) in [6.45, 7) is 0. The topological polar surface area (TPSA) is 0 Å². The zero-order valence-corrected chi connectivity index (χ0v) is 23.1. The third kappa shape index (κ3) is 39.9. The van der Waals surface area contributed by atoms with Crippen molar-refractivity contribution in [1.29, 1.82) is 0 Å². The zero-order valence-electron chi connectivity index (χ0n) is 3.16. The van der Waals surface area contributed by atoms with Crippen LogP contribution in [0.25, 0.3) is 0 Å². The van der Waals surface area contributed by atoms with E-state index in [2.05, 4.69) is 108 Å². The van der Waals surface area contributed by atoms with Crippen LogP contribution in [0.3, 0.4) is 0 Å². The van der Waals surface area contributed by atoms with Crippen molar-refractivity contribution in [2.75, 3.05) is 0 Å². The molecule has 0 aromatic heterocycles. The van der Waals surface area contributed by atoms with Crippen molar-refractivity contribution < 1.29 is 0 Å². The molecule has 0 unspecified atom stereocenters. The van der Waals surface area contributed by atoms with Crippen molar-refractivity contribution in [2.24, 2.45) is 0 Å².